The molecule has 0 aliphatic carbocycles. The van der Waals surface area contributed by atoms with Gasteiger partial charge in [0.2, 0.25) is 0 Å². The van der Waals surface area contributed by atoms with E-state index in [0.29, 0.717) is 17.3 Å². The van der Waals surface area contributed by atoms with Gasteiger partial charge >= 0.3 is 0 Å². The number of thiocarbonyl (C=S) groups is 1. The Morgan fingerprint density at radius 1 is 0.892 bits per heavy atom. The van der Waals surface area contributed by atoms with Crippen LogP contribution in [0.1, 0.15) is 51.2 Å². The molecule has 1 unspecified atom stereocenters. The van der Waals surface area contributed by atoms with E-state index < -0.39 is 11.8 Å². The fourth-order valence-electron chi connectivity index (χ4n) is 5.70. The number of hydrogen-bond donors (Lipinski definition) is 0. The monoisotopic (exact) mass is 509 g/mol. The van der Waals surface area contributed by atoms with Gasteiger partial charge in [0, 0.05) is 17.8 Å². The van der Waals surface area contributed by atoms with Crippen molar-refractivity contribution >= 4 is 52.3 Å². The summed E-state index contributed by atoms with van der Waals surface area (Å²) in [6.07, 6.45) is 2.74. The summed E-state index contributed by atoms with van der Waals surface area (Å²) in [4.78, 5) is 32.9. The molecule has 2 heterocycles. The molecule has 0 bridgehead atoms. The molecule has 6 heteroatoms. The van der Waals surface area contributed by atoms with Crippen LogP contribution in [-0.2, 0) is 9.59 Å². The number of carbonyl (C=O) groups excluding carboxylic acids is 2. The molecule has 1 fully saturated rings. The quantitative estimate of drug-likeness (QED) is 0.227. The predicted octanol–water partition coefficient (Wildman–Crippen LogP) is 6.55. The molecule has 3 aromatic carbocycles. The van der Waals surface area contributed by atoms with Crippen molar-refractivity contribution < 1.29 is 9.59 Å². The fourth-order valence-corrected chi connectivity index (χ4v) is 6.08. The summed E-state index contributed by atoms with van der Waals surface area (Å²) in [7, 11) is 0. The highest BCUT2D eigenvalue weighted by atomic mass is 32.1. The zero-order chi connectivity index (χ0) is 26.3. The molecule has 5 nitrogen and oxygen atoms in total. The molecule has 1 saturated heterocycles. The number of hydrogen-bond acceptors (Lipinski definition) is 4. The van der Waals surface area contributed by atoms with Gasteiger partial charge in [-0.2, -0.15) is 0 Å². The Morgan fingerprint density at radius 2 is 1.43 bits per heavy atom. The van der Waals surface area contributed by atoms with E-state index in [1.807, 2.05) is 66.7 Å². The van der Waals surface area contributed by atoms with E-state index in [1.165, 1.54) is 21.1 Å². The van der Waals surface area contributed by atoms with Crippen LogP contribution < -0.4 is 14.7 Å². The van der Waals surface area contributed by atoms with Crippen LogP contribution >= 0.6 is 12.2 Å². The van der Waals surface area contributed by atoms with Gasteiger partial charge in [-0.25, -0.2) is 0 Å². The van der Waals surface area contributed by atoms with Crippen molar-refractivity contribution in [2.45, 2.75) is 45.6 Å². The maximum absolute atomic E-state index is 13.8. The Balaban J connectivity index is 1.62. The summed E-state index contributed by atoms with van der Waals surface area (Å²) in [6, 6.07) is 24.7. The highest BCUT2D eigenvalue weighted by Gasteiger charge is 2.41. The van der Waals surface area contributed by atoms with Crippen molar-refractivity contribution in [1.82, 2.24) is 0 Å². The van der Waals surface area contributed by atoms with Crippen molar-refractivity contribution in [3.63, 3.8) is 0 Å². The average molecular weight is 510 g/mol. The first-order chi connectivity index (χ1) is 17.7. The first kappa shape index (κ1) is 24.9. The second-order valence-electron chi connectivity index (χ2n) is 10.3. The molecular weight excluding hydrogens is 478 g/mol. The number of para-hydroxylation sites is 2. The standard InChI is InChI=1S/C31H31N3O2S/c1-5-32-27-17-16-22(18-25(27)21(2)20-31(32,3)4)19-26-28(35)33(23-12-8-6-9-13-23)30(37)34(29(26)36)24-14-10-7-11-15-24/h6-19,21H,5,20H2,1-4H3. The topological polar surface area (TPSA) is 43.9 Å². The van der Waals surface area contributed by atoms with Gasteiger partial charge in [0.1, 0.15) is 5.57 Å². The van der Waals surface area contributed by atoms with E-state index >= 15 is 0 Å². The van der Waals surface area contributed by atoms with Gasteiger partial charge in [0.25, 0.3) is 11.8 Å². The highest BCUT2D eigenvalue weighted by molar-refractivity contribution is 7.81. The molecular formula is C31H31N3O2S. The third-order valence-corrected chi connectivity index (χ3v) is 7.68. The molecule has 0 aromatic heterocycles. The molecule has 0 radical (unpaired) electrons. The van der Waals surface area contributed by atoms with Crippen molar-refractivity contribution in [3.05, 3.63) is 95.6 Å². The largest absolute Gasteiger partial charge is 0.366 e. The van der Waals surface area contributed by atoms with Crippen LogP contribution in [0.5, 0.6) is 0 Å². The van der Waals surface area contributed by atoms with Gasteiger partial charge in [-0.05, 0) is 98.9 Å². The summed E-state index contributed by atoms with van der Waals surface area (Å²) >= 11 is 5.70. The molecule has 3 aromatic rings. The molecule has 2 aliphatic heterocycles. The molecule has 2 amide bonds. The third kappa shape index (κ3) is 4.36. The van der Waals surface area contributed by atoms with Gasteiger partial charge in [-0.3, -0.25) is 19.4 Å². The second kappa shape index (κ2) is 9.60. The Bertz CT molecular complexity index is 1330. The third-order valence-electron chi connectivity index (χ3n) is 7.32. The van der Waals surface area contributed by atoms with Crippen molar-refractivity contribution in [1.29, 1.82) is 0 Å². The highest BCUT2D eigenvalue weighted by Crippen LogP contribution is 2.43. The minimum Gasteiger partial charge on any atom is -0.366 e. The first-order valence-corrected chi connectivity index (χ1v) is 13.1. The lowest BCUT2D eigenvalue weighted by Crippen LogP contribution is -2.56. The summed E-state index contributed by atoms with van der Waals surface area (Å²) < 4.78 is 0. The van der Waals surface area contributed by atoms with Crippen LogP contribution in [0.15, 0.2) is 84.4 Å². The van der Waals surface area contributed by atoms with E-state index in [4.69, 9.17) is 12.2 Å². The number of fused-ring (bicyclic) bond motifs is 1. The van der Waals surface area contributed by atoms with Crippen molar-refractivity contribution in [2.24, 2.45) is 0 Å². The van der Waals surface area contributed by atoms with Crippen molar-refractivity contribution in [3.8, 4) is 0 Å². The van der Waals surface area contributed by atoms with Crippen LogP contribution in [0, 0.1) is 0 Å². The lowest BCUT2D eigenvalue weighted by atomic mass is 9.79. The van der Waals surface area contributed by atoms with Crippen LogP contribution in [0.3, 0.4) is 0 Å². The Labute approximate surface area is 224 Å². The van der Waals surface area contributed by atoms with Crippen LogP contribution in [0.2, 0.25) is 0 Å². The molecule has 5 rings (SSSR count). The van der Waals surface area contributed by atoms with Crippen LogP contribution in [0.4, 0.5) is 17.1 Å². The summed E-state index contributed by atoms with van der Waals surface area (Å²) in [5.74, 6) is -0.482. The van der Waals surface area contributed by atoms with E-state index in [2.05, 4.69) is 44.7 Å². The smallest absolute Gasteiger partial charge is 0.270 e. The molecule has 0 N–H and O–H groups in total. The lowest BCUT2D eigenvalue weighted by Gasteiger charge is -2.47. The summed E-state index contributed by atoms with van der Waals surface area (Å²) in [5.41, 5.74) is 4.67. The normalized spacial score (nSPS) is 19.2. The minimum atomic E-state index is -0.421. The average Bonchev–Trinajstić information content (AvgIpc) is 2.88. The zero-order valence-corrected chi connectivity index (χ0v) is 22.5. The SMILES string of the molecule is CCN1c2ccc(C=C3C(=O)N(c4ccccc4)C(=S)N(c4ccccc4)C3=O)cc2C(C)CC1(C)C. The Hall–Kier alpha value is -3.77. The van der Waals surface area contributed by atoms with Gasteiger partial charge in [0.15, 0.2) is 5.11 Å². The second-order valence-corrected chi connectivity index (χ2v) is 10.6. The number of anilines is 3. The molecule has 0 spiro atoms. The maximum Gasteiger partial charge on any atom is 0.270 e. The Kier molecular flexibility index (Phi) is 6.46. The fraction of sp³-hybridized carbons (Fsp3) is 0.258. The maximum atomic E-state index is 13.8. The van der Waals surface area contributed by atoms with Crippen molar-refractivity contribution in [2.75, 3.05) is 21.2 Å². The number of carbonyl (C=O) groups is 2. The van der Waals surface area contributed by atoms with Gasteiger partial charge in [-0.15, -0.1) is 0 Å². The van der Waals surface area contributed by atoms with Gasteiger partial charge in [-0.1, -0.05) is 49.4 Å². The molecule has 37 heavy (non-hydrogen) atoms. The zero-order valence-electron chi connectivity index (χ0n) is 21.6. The molecule has 1 atom stereocenters. The van der Waals surface area contributed by atoms with Crippen LogP contribution in [0.25, 0.3) is 6.08 Å². The van der Waals surface area contributed by atoms with E-state index in [9.17, 15) is 9.59 Å². The number of nitrogens with zero attached hydrogens (tertiary/aromatic N) is 3. The van der Waals surface area contributed by atoms with E-state index in [-0.39, 0.29) is 16.2 Å². The first-order valence-electron chi connectivity index (χ1n) is 12.7. The minimum absolute atomic E-state index is 0.0680. The van der Waals surface area contributed by atoms with E-state index in [1.54, 1.807) is 6.08 Å². The molecule has 2 aliphatic rings. The Morgan fingerprint density at radius 3 is 1.95 bits per heavy atom. The number of amides is 2. The van der Waals surface area contributed by atoms with Gasteiger partial charge in [0.05, 0.1) is 11.4 Å². The summed E-state index contributed by atoms with van der Waals surface area (Å²) in [5, 5.41) is 0.143. The summed E-state index contributed by atoms with van der Waals surface area (Å²) in [6.45, 7) is 9.90. The number of benzene rings is 3. The molecule has 0 saturated carbocycles. The molecule has 188 valence electrons. The van der Waals surface area contributed by atoms with Gasteiger partial charge < -0.3 is 4.90 Å². The van der Waals surface area contributed by atoms with E-state index in [0.717, 1.165) is 18.5 Å². The van der Waals surface area contributed by atoms with Crippen LogP contribution in [-0.4, -0.2) is 29.0 Å². The lowest BCUT2D eigenvalue weighted by molar-refractivity contribution is -0.120. The predicted molar refractivity (Wildman–Crippen MR) is 155 cm³/mol. The number of rotatable bonds is 4.